The Balaban J connectivity index is 1.88. The Hall–Kier alpha value is -2.70. The van der Waals surface area contributed by atoms with Crippen LogP contribution in [0.25, 0.3) is 0 Å². The van der Waals surface area contributed by atoms with E-state index >= 15 is 0 Å². The molecule has 0 saturated heterocycles. The zero-order valence-corrected chi connectivity index (χ0v) is 11.3. The summed E-state index contributed by atoms with van der Waals surface area (Å²) in [5.41, 5.74) is -0.646. The lowest BCUT2D eigenvalue weighted by Crippen LogP contribution is -2.29. The SMILES string of the molecule is O=C(NCCOc1cccc(F)c1)c1c(O)cc(F)cc1F. The summed E-state index contributed by atoms with van der Waals surface area (Å²) in [6.07, 6.45) is 0. The minimum atomic E-state index is -1.17. The van der Waals surface area contributed by atoms with Crippen LogP contribution in [-0.4, -0.2) is 24.2 Å². The van der Waals surface area contributed by atoms with E-state index in [0.717, 1.165) is 0 Å². The Kier molecular flexibility index (Phi) is 4.88. The highest BCUT2D eigenvalue weighted by molar-refractivity contribution is 5.97. The zero-order chi connectivity index (χ0) is 16.1. The predicted molar refractivity (Wildman–Crippen MR) is 72.3 cm³/mol. The maximum Gasteiger partial charge on any atom is 0.258 e. The van der Waals surface area contributed by atoms with E-state index in [1.54, 1.807) is 0 Å². The summed E-state index contributed by atoms with van der Waals surface area (Å²) in [6.45, 7) is 0.00434. The molecule has 22 heavy (non-hydrogen) atoms. The molecule has 2 aromatic rings. The second-order valence-corrected chi connectivity index (χ2v) is 4.34. The first-order valence-corrected chi connectivity index (χ1v) is 6.32. The van der Waals surface area contributed by atoms with Crippen molar-refractivity contribution in [3.63, 3.8) is 0 Å². The highest BCUT2D eigenvalue weighted by atomic mass is 19.1. The molecule has 0 heterocycles. The number of halogens is 3. The van der Waals surface area contributed by atoms with Crippen molar-refractivity contribution in [3.05, 3.63) is 59.4 Å². The van der Waals surface area contributed by atoms with Crippen LogP contribution >= 0.6 is 0 Å². The van der Waals surface area contributed by atoms with Crippen LogP contribution in [0.15, 0.2) is 36.4 Å². The average Bonchev–Trinajstić information content (AvgIpc) is 2.42. The molecule has 0 atom stereocenters. The second kappa shape index (κ2) is 6.84. The van der Waals surface area contributed by atoms with E-state index in [-0.39, 0.29) is 18.9 Å². The van der Waals surface area contributed by atoms with Crippen molar-refractivity contribution in [3.8, 4) is 11.5 Å². The molecule has 4 nitrogen and oxygen atoms in total. The quantitative estimate of drug-likeness (QED) is 0.835. The van der Waals surface area contributed by atoms with E-state index in [9.17, 15) is 23.1 Å². The fourth-order valence-electron chi connectivity index (χ4n) is 1.76. The Morgan fingerprint density at radius 2 is 1.91 bits per heavy atom. The molecule has 116 valence electrons. The summed E-state index contributed by atoms with van der Waals surface area (Å²) in [6, 6.07) is 6.58. The van der Waals surface area contributed by atoms with Gasteiger partial charge >= 0.3 is 0 Å². The fourth-order valence-corrected chi connectivity index (χ4v) is 1.76. The first-order valence-electron chi connectivity index (χ1n) is 6.32. The van der Waals surface area contributed by atoms with Crippen LogP contribution in [0, 0.1) is 17.5 Å². The molecule has 0 unspecified atom stereocenters. The number of benzene rings is 2. The highest BCUT2D eigenvalue weighted by Gasteiger charge is 2.18. The number of carbonyl (C=O) groups is 1. The van der Waals surface area contributed by atoms with Gasteiger partial charge in [0.05, 0.1) is 6.54 Å². The smallest absolute Gasteiger partial charge is 0.258 e. The van der Waals surface area contributed by atoms with Gasteiger partial charge < -0.3 is 15.2 Å². The molecule has 2 rings (SSSR count). The van der Waals surface area contributed by atoms with Crippen LogP contribution in [0.3, 0.4) is 0 Å². The number of amides is 1. The van der Waals surface area contributed by atoms with Crippen molar-refractivity contribution in [2.45, 2.75) is 0 Å². The number of hydrogen-bond donors (Lipinski definition) is 2. The molecule has 0 radical (unpaired) electrons. The van der Waals surface area contributed by atoms with E-state index in [0.29, 0.717) is 12.1 Å². The third-order valence-corrected chi connectivity index (χ3v) is 2.71. The van der Waals surface area contributed by atoms with E-state index in [4.69, 9.17) is 4.74 Å². The third-order valence-electron chi connectivity index (χ3n) is 2.71. The molecule has 0 bridgehead atoms. The van der Waals surface area contributed by atoms with E-state index in [1.807, 2.05) is 0 Å². The molecule has 0 spiro atoms. The topological polar surface area (TPSA) is 58.6 Å². The molecule has 0 aromatic heterocycles. The van der Waals surface area contributed by atoms with Gasteiger partial charge in [-0.2, -0.15) is 0 Å². The number of carbonyl (C=O) groups excluding carboxylic acids is 1. The number of nitrogens with one attached hydrogen (secondary N) is 1. The fraction of sp³-hybridized carbons (Fsp3) is 0.133. The number of ether oxygens (including phenoxy) is 1. The first-order chi connectivity index (χ1) is 10.5. The van der Waals surface area contributed by atoms with Crippen molar-refractivity contribution in [2.24, 2.45) is 0 Å². The summed E-state index contributed by atoms with van der Waals surface area (Å²) in [5, 5.41) is 11.7. The number of hydrogen-bond acceptors (Lipinski definition) is 3. The molecule has 1 amide bonds. The Labute approximate surface area is 124 Å². The van der Waals surface area contributed by atoms with Gasteiger partial charge in [-0.25, -0.2) is 13.2 Å². The van der Waals surface area contributed by atoms with Gasteiger partial charge in [0.15, 0.2) is 0 Å². The van der Waals surface area contributed by atoms with Crippen molar-refractivity contribution >= 4 is 5.91 Å². The number of aromatic hydroxyl groups is 1. The molecule has 0 aliphatic rings. The molecule has 7 heteroatoms. The maximum atomic E-state index is 13.4. The van der Waals surface area contributed by atoms with Gasteiger partial charge in [-0.05, 0) is 12.1 Å². The molecule has 0 aliphatic heterocycles. The molecule has 2 aromatic carbocycles. The lowest BCUT2D eigenvalue weighted by Gasteiger charge is -2.09. The first kappa shape index (κ1) is 15.7. The van der Waals surface area contributed by atoms with Gasteiger partial charge in [0.25, 0.3) is 5.91 Å². The van der Waals surface area contributed by atoms with Gasteiger partial charge in [-0.3, -0.25) is 4.79 Å². The second-order valence-electron chi connectivity index (χ2n) is 4.34. The molecule has 0 fully saturated rings. The van der Waals surface area contributed by atoms with Gasteiger partial charge in [0, 0.05) is 18.2 Å². The minimum absolute atomic E-state index is 0.00833. The standard InChI is InChI=1S/C15H12F3NO3/c16-9-2-1-3-11(6-9)22-5-4-19-15(21)14-12(18)7-10(17)8-13(14)20/h1-3,6-8,20H,4-5H2,(H,19,21). The zero-order valence-electron chi connectivity index (χ0n) is 11.3. The Bertz CT molecular complexity index is 668. The summed E-state index contributed by atoms with van der Waals surface area (Å²) >= 11 is 0. The van der Waals surface area contributed by atoms with Crippen LogP contribution in [0.1, 0.15) is 10.4 Å². The Morgan fingerprint density at radius 1 is 1.14 bits per heavy atom. The Morgan fingerprint density at radius 3 is 2.59 bits per heavy atom. The number of rotatable bonds is 5. The maximum absolute atomic E-state index is 13.4. The van der Waals surface area contributed by atoms with Gasteiger partial charge in [0.2, 0.25) is 0 Å². The largest absolute Gasteiger partial charge is 0.507 e. The van der Waals surface area contributed by atoms with Crippen molar-refractivity contribution in [1.82, 2.24) is 5.32 Å². The van der Waals surface area contributed by atoms with Crippen molar-refractivity contribution in [2.75, 3.05) is 13.2 Å². The van der Waals surface area contributed by atoms with E-state index < -0.39 is 34.7 Å². The molecule has 2 N–H and O–H groups in total. The van der Waals surface area contributed by atoms with Crippen LogP contribution in [0.2, 0.25) is 0 Å². The van der Waals surface area contributed by atoms with Gasteiger partial charge in [-0.15, -0.1) is 0 Å². The monoisotopic (exact) mass is 311 g/mol. The summed E-state index contributed by atoms with van der Waals surface area (Å²) in [7, 11) is 0. The van der Waals surface area contributed by atoms with E-state index in [1.165, 1.54) is 24.3 Å². The minimum Gasteiger partial charge on any atom is -0.507 e. The van der Waals surface area contributed by atoms with Crippen molar-refractivity contribution in [1.29, 1.82) is 0 Å². The van der Waals surface area contributed by atoms with Crippen LogP contribution in [0.4, 0.5) is 13.2 Å². The van der Waals surface area contributed by atoms with Gasteiger partial charge in [-0.1, -0.05) is 6.07 Å². The molecular formula is C15H12F3NO3. The van der Waals surface area contributed by atoms with Crippen LogP contribution in [-0.2, 0) is 0 Å². The summed E-state index contributed by atoms with van der Waals surface area (Å²) in [4.78, 5) is 11.7. The summed E-state index contributed by atoms with van der Waals surface area (Å²) < 4.78 is 44.3. The average molecular weight is 311 g/mol. The highest BCUT2D eigenvalue weighted by Crippen LogP contribution is 2.21. The molecular weight excluding hydrogens is 299 g/mol. The van der Waals surface area contributed by atoms with Crippen LogP contribution in [0.5, 0.6) is 11.5 Å². The number of phenols is 1. The molecule has 0 saturated carbocycles. The van der Waals surface area contributed by atoms with E-state index in [2.05, 4.69) is 5.32 Å². The number of phenolic OH excluding ortho intramolecular Hbond substituents is 1. The normalized spacial score (nSPS) is 10.3. The lowest BCUT2D eigenvalue weighted by atomic mass is 10.1. The van der Waals surface area contributed by atoms with Crippen LogP contribution < -0.4 is 10.1 Å². The third kappa shape index (κ3) is 3.91. The molecule has 0 aliphatic carbocycles. The predicted octanol–water partition coefficient (Wildman–Crippen LogP) is 2.62. The van der Waals surface area contributed by atoms with Gasteiger partial charge in [0.1, 0.15) is 41.1 Å². The van der Waals surface area contributed by atoms with Crippen molar-refractivity contribution < 1.29 is 27.8 Å². The lowest BCUT2D eigenvalue weighted by molar-refractivity contribution is 0.0940. The summed E-state index contributed by atoms with van der Waals surface area (Å²) in [5.74, 6) is -4.02.